The molecule has 0 bridgehead atoms. The quantitative estimate of drug-likeness (QED) is 0.768. The van der Waals surface area contributed by atoms with E-state index in [-0.39, 0.29) is 12.7 Å². The maximum absolute atomic E-state index is 10.4. The lowest BCUT2D eigenvalue weighted by molar-refractivity contribution is 0.0862. The summed E-state index contributed by atoms with van der Waals surface area (Å²) in [4.78, 5) is 2.45. The number of aliphatic hydroxyl groups excluding tert-OH is 2. The first-order valence-electron chi connectivity index (χ1n) is 7.81. The Labute approximate surface area is 122 Å². The molecule has 0 aliphatic heterocycles. The first kappa shape index (κ1) is 15.5. The Morgan fingerprint density at radius 3 is 2.60 bits per heavy atom. The third-order valence-electron chi connectivity index (χ3n) is 4.43. The summed E-state index contributed by atoms with van der Waals surface area (Å²) < 4.78 is 0. The van der Waals surface area contributed by atoms with Gasteiger partial charge in [-0.15, -0.1) is 0 Å². The fourth-order valence-electron chi connectivity index (χ4n) is 2.91. The van der Waals surface area contributed by atoms with Gasteiger partial charge >= 0.3 is 0 Å². The largest absolute Gasteiger partial charge is 0.396 e. The van der Waals surface area contributed by atoms with Crippen LogP contribution in [0.15, 0.2) is 24.3 Å². The minimum absolute atomic E-state index is 0.254. The lowest BCUT2D eigenvalue weighted by atomic mass is 9.90. The third kappa shape index (κ3) is 4.05. The van der Waals surface area contributed by atoms with Crippen molar-refractivity contribution in [3.8, 4) is 0 Å². The molecule has 0 spiro atoms. The highest BCUT2D eigenvalue weighted by Crippen LogP contribution is 2.27. The smallest absolute Gasteiger partial charge is 0.0804 e. The van der Waals surface area contributed by atoms with Crippen molar-refractivity contribution >= 4 is 0 Å². The molecule has 0 aromatic heterocycles. The van der Waals surface area contributed by atoms with Gasteiger partial charge in [0.15, 0.2) is 0 Å². The zero-order chi connectivity index (χ0) is 14.4. The van der Waals surface area contributed by atoms with Crippen LogP contribution in [-0.4, -0.2) is 40.9 Å². The summed E-state index contributed by atoms with van der Waals surface area (Å²) in [5.41, 5.74) is 2.20. The van der Waals surface area contributed by atoms with E-state index in [4.69, 9.17) is 5.11 Å². The summed E-state index contributed by atoms with van der Waals surface area (Å²) in [7, 11) is 0. The lowest BCUT2D eigenvalue weighted by Crippen LogP contribution is -2.41. The standard InChI is InChI=1S/C17H27NO2/c1-14-6-2-3-9-16(14)17(20)10-12-18(11-5-13-19)15-7-4-8-15/h2-3,6,9,15,17,19-20H,4-5,7-8,10-13H2,1H3. The molecule has 20 heavy (non-hydrogen) atoms. The highest BCUT2D eigenvalue weighted by atomic mass is 16.3. The molecular weight excluding hydrogens is 250 g/mol. The Morgan fingerprint density at radius 2 is 2.00 bits per heavy atom. The lowest BCUT2D eigenvalue weighted by Gasteiger charge is -2.38. The summed E-state index contributed by atoms with van der Waals surface area (Å²) in [6, 6.07) is 8.73. The summed E-state index contributed by atoms with van der Waals surface area (Å²) >= 11 is 0. The Balaban J connectivity index is 1.86. The molecule has 0 heterocycles. The summed E-state index contributed by atoms with van der Waals surface area (Å²) in [6.45, 7) is 4.17. The van der Waals surface area contributed by atoms with Gasteiger partial charge in [-0.2, -0.15) is 0 Å². The van der Waals surface area contributed by atoms with Crippen molar-refractivity contribution in [2.75, 3.05) is 19.7 Å². The molecule has 3 heteroatoms. The molecule has 0 amide bonds. The average Bonchev–Trinajstić information content (AvgIpc) is 2.39. The van der Waals surface area contributed by atoms with E-state index in [1.54, 1.807) is 0 Å². The SMILES string of the molecule is Cc1ccccc1C(O)CCN(CCCO)C1CCC1. The molecule has 112 valence electrons. The third-order valence-corrected chi connectivity index (χ3v) is 4.43. The summed E-state index contributed by atoms with van der Waals surface area (Å²) in [5.74, 6) is 0. The van der Waals surface area contributed by atoms with Crippen LogP contribution >= 0.6 is 0 Å². The van der Waals surface area contributed by atoms with E-state index in [9.17, 15) is 5.11 Å². The zero-order valence-electron chi connectivity index (χ0n) is 12.5. The van der Waals surface area contributed by atoms with Crippen molar-refractivity contribution in [1.29, 1.82) is 0 Å². The first-order valence-corrected chi connectivity index (χ1v) is 7.81. The minimum Gasteiger partial charge on any atom is -0.396 e. The van der Waals surface area contributed by atoms with Crippen LogP contribution in [0.4, 0.5) is 0 Å². The van der Waals surface area contributed by atoms with Crippen molar-refractivity contribution in [1.82, 2.24) is 4.90 Å². The number of nitrogens with zero attached hydrogens (tertiary/aromatic N) is 1. The Morgan fingerprint density at radius 1 is 1.25 bits per heavy atom. The monoisotopic (exact) mass is 277 g/mol. The number of hydrogen-bond acceptors (Lipinski definition) is 3. The molecule has 1 fully saturated rings. The van der Waals surface area contributed by atoms with Crippen LogP contribution in [0.2, 0.25) is 0 Å². The van der Waals surface area contributed by atoms with Gasteiger partial charge in [-0.25, -0.2) is 0 Å². The molecule has 1 aromatic carbocycles. The molecule has 1 saturated carbocycles. The van der Waals surface area contributed by atoms with E-state index in [0.29, 0.717) is 6.04 Å². The van der Waals surface area contributed by atoms with Gasteiger partial charge < -0.3 is 15.1 Å². The summed E-state index contributed by atoms with van der Waals surface area (Å²) in [5, 5.41) is 19.4. The van der Waals surface area contributed by atoms with E-state index in [0.717, 1.165) is 37.1 Å². The highest BCUT2D eigenvalue weighted by molar-refractivity contribution is 5.27. The predicted molar refractivity (Wildman–Crippen MR) is 81.7 cm³/mol. The van der Waals surface area contributed by atoms with E-state index < -0.39 is 0 Å². The average molecular weight is 277 g/mol. The first-order chi connectivity index (χ1) is 9.72. The number of aryl methyl sites for hydroxylation is 1. The van der Waals surface area contributed by atoms with Crippen LogP contribution < -0.4 is 0 Å². The van der Waals surface area contributed by atoms with Gasteiger partial charge in [-0.1, -0.05) is 30.7 Å². The molecular formula is C17H27NO2. The second kappa shape index (κ2) is 7.77. The molecule has 0 radical (unpaired) electrons. The predicted octanol–water partition coefficient (Wildman–Crippen LogP) is 2.66. The van der Waals surface area contributed by atoms with Crippen LogP contribution in [-0.2, 0) is 0 Å². The van der Waals surface area contributed by atoms with Crippen LogP contribution in [0.3, 0.4) is 0 Å². The van der Waals surface area contributed by atoms with Gasteiger partial charge in [0.25, 0.3) is 0 Å². The van der Waals surface area contributed by atoms with Crippen LogP contribution in [0.1, 0.15) is 49.3 Å². The van der Waals surface area contributed by atoms with Gasteiger partial charge in [-0.05, 0) is 43.7 Å². The fraction of sp³-hybridized carbons (Fsp3) is 0.647. The van der Waals surface area contributed by atoms with Crippen molar-refractivity contribution in [3.05, 3.63) is 35.4 Å². The van der Waals surface area contributed by atoms with E-state index in [2.05, 4.69) is 4.90 Å². The maximum Gasteiger partial charge on any atom is 0.0804 e. The topological polar surface area (TPSA) is 43.7 Å². The van der Waals surface area contributed by atoms with Gasteiger partial charge in [0.05, 0.1) is 6.10 Å². The molecule has 1 aliphatic carbocycles. The molecule has 1 atom stereocenters. The second-order valence-electron chi connectivity index (χ2n) is 5.86. The van der Waals surface area contributed by atoms with Crippen LogP contribution in [0.25, 0.3) is 0 Å². The van der Waals surface area contributed by atoms with Crippen molar-refractivity contribution in [3.63, 3.8) is 0 Å². The molecule has 0 saturated heterocycles. The van der Waals surface area contributed by atoms with Crippen molar-refractivity contribution in [2.24, 2.45) is 0 Å². The Kier molecular flexibility index (Phi) is 6.02. The number of benzene rings is 1. The molecule has 3 nitrogen and oxygen atoms in total. The number of rotatable bonds is 8. The summed E-state index contributed by atoms with van der Waals surface area (Å²) in [6.07, 6.45) is 5.08. The fourth-order valence-corrected chi connectivity index (χ4v) is 2.91. The van der Waals surface area contributed by atoms with Gasteiger partial charge in [0.2, 0.25) is 0 Å². The minimum atomic E-state index is -0.382. The molecule has 2 rings (SSSR count). The van der Waals surface area contributed by atoms with Crippen molar-refractivity contribution < 1.29 is 10.2 Å². The van der Waals surface area contributed by atoms with E-state index in [1.807, 2.05) is 31.2 Å². The molecule has 1 unspecified atom stereocenters. The number of hydrogen-bond donors (Lipinski definition) is 2. The Bertz CT molecular complexity index is 404. The molecule has 2 N–H and O–H groups in total. The van der Waals surface area contributed by atoms with Crippen LogP contribution in [0, 0.1) is 6.92 Å². The van der Waals surface area contributed by atoms with Crippen molar-refractivity contribution in [2.45, 2.75) is 51.2 Å². The molecule has 1 aromatic rings. The normalized spacial score (nSPS) is 17.2. The van der Waals surface area contributed by atoms with E-state index in [1.165, 1.54) is 19.3 Å². The van der Waals surface area contributed by atoms with Gasteiger partial charge in [0.1, 0.15) is 0 Å². The maximum atomic E-state index is 10.4. The van der Waals surface area contributed by atoms with Gasteiger partial charge in [-0.3, -0.25) is 0 Å². The highest BCUT2D eigenvalue weighted by Gasteiger charge is 2.25. The number of aliphatic hydroxyl groups is 2. The van der Waals surface area contributed by atoms with Gasteiger partial charge in [0, 0.05) is 25.7 Å². The molecule has 1 aliphatic rings. The Hall–Kier alpha value is -0.900. The zero-order valence-corrected chi connectivity index (χ0v) is 12.5. The second-order valence-corrected chi connectivity index (χ2v) is 5.86. The van der Waals surface area contributed by atoms with Crippen LogP contribution in [0.5, 0.6) is 0 Å². The van der Waals surface area contributed by atoms with E-state index >= 15 is 0 Å².